The second-order valence-electron chi connectivity index (χ2n) is 5.97. The standard InChI is InChI=1S/C13H24N2O4S2/c1-10(2)12-15(11(9-20-12)13(16)17)21(18,19)14-7-5-3-4-6-8-14/h10-12H,3-9H2,1-2H3,(H,16,17). The summed E-state index contributed by atoms with van der Waals surface area (Å²) in [6.07, 6.45) is 3.78. The van der Waals surface area contributed by atoms with E-state index in [1.807, 2.05) is 13.8 Å². The summed E-state index contributed by atoms with van der Waals surface area (Å²) in [6, 6.07) is -0.948. The molecule has 0 radical (unpaired) electrons. The maximum Gasteiger partial charge on any atom is 0.322 e. The Hall–Kier alpha value is -0.310. The molecule has 0 aromatic carbocycles. The number of rotatable bonds is 4. The lowest BCUT2D eigenvalue weighted by atomic mass is 10.2. The quantitative estimate of drug-likeness (QED) is 0.843. The van der Waals surface area contributed by atoms with Crippen LogP contribution in [0.2, 0.25) is 0 Å². The third kappa shape index (κ3) is 3.55. The molecule has 1 N–H and O–H groups in total. The highest BCUT2D eigenvalue weighted by atomic mass is 32.2. The Morgan fingerprint density at radius 2 is 1.76 bits per heavy atom. The van der Waals surface area contributed by atoms with Gasteiger partial charge in [-0.3, -0.25) is 4.79 Å². The van der Waals surface area contributed by atoms with Crippen molar-refractivity contribution in [2.45, 2.75) is 50.9 Å². The number of hydrogen-bond donors (Lipinski definition) is 1. The average molecular weight is 336 g/mol. The Morgan fingerprint density at radius 3 is 2.24 bits per heavy atom. The van der Waals surface area contributed by atoms with Crippen molar-refractivity contribution in [3.05, 3.63) is 0 Å². The first kappa shape index (κ1) is 17.1. The van der Waals surface area contributed by atoms with Gasteiger partial charge in [-0.15, -0.1) is 11.8 Å². The smallest absolute Gasteiger partial charge is 0.322 e. The molecule has 2 rings (SSSR count). The van der Waals surface area contributed by atoms with Crippen LogP contribution in [0.3, 0.4) is 0 Å². The fourth-order valence-electron chi connectivity index (χ4n) is 2.88. The molecule has 0 saturated carbocycles. The van der Waals surface area contributed by atoms with Gasteiger partial charge in [-0.1, -0.05) is 26.7 Å². The number of nitrogens with zero attached hydrogens (tertiary/aromatic N) is 2. The first-order valence-corrected chi connectivity index (χ1v) is 9.93. The molecule has 6 nitrogen and oxygen atoms in total. The minimum Gasteiger partial charge on any atom is -0.480 e. The molecule has 0 amide bonds. The fourth-order valence-corrected chi connectivity index (χ4v) is 6.82. The van der Waals surface area contributed by atoms with Crippen LogP contribution in [0.15, 0.2) is 0 Å². The summed E-state index contributed by atoms with van der Waals surface area (Å²) >= 11 is 1.43. The van der Waals surface area contributed by atoms with E-state index in [2.05, 4.69) is 0 Å². The molecule has 2 unspecified atom stereocenters. The van der Waals surface area contributed by atoms with E-state index in [4.69, 9.17) is 0 Å². The molecule has 8 heteroatoms. The minimum absolute atomic E-state index is 0.0844. The summed E-state index contributed by atoms with van der Waals surface area (Å²) in [4.78, 5) is 11.4. The van der Waals surface area contributed by atoms with Crippen LogP contribution < -0.4 is 0 Å². The normalized spacial score (nSPS) is 29.7. The van der Waals surface area contributed by atoms with Crippen LogP contribution in [0.4, 0.5) is 0 Å². The number of aliphatic carboxylic acids is 1. The molecule has 2 aliphatic rings. The monoisotopic (exact) mass is 336 g/mol. The van der Waals surface area contributed by atoms with Gasteiger partial charge in [0.2, 0.25) is 0 Å². The van der Waals surface area contributed by atoms with Crippen LogP contribution in [0.1, 0.15) is 39.5 Å². The highest BCUT2D eigenvalue weighted by molar-refractivity contribution is 8.01. The summed E-state index contributed by atoms with van der Waals surface area (Å²) in [5.41, 5.74) is 0. The molecule has 0 spiro atoms. The van der Waals surface area contributed by atoms with Gasteiger partial charge in [0.25, 0.3) is 10.2 Å². The maximum absolute atomic E-state index is 12.9. The molecular weight excluding hydrogens is 312 g/mol. The van der Waals surface area contributed by atoms with Crippen molar-refractivity contribution in [3.8, 4) is 0 Å². The molecule has 0 aromatic rings. The zero-order valence-electron chi connectivity index (χ0n) is 12.6. The highest BCUT2D eigenvalue weighted by Crippen LogP contribution is 2.37. The van der Waals surface area contributed by atoms with E-state index in [1.54, 1.807) is 0 Å². The topological polar surface area (TPSA) is 77.9 Å². The summed E-state index contributed by atoms with van der Waals surface area (Å²) in [5.74, 6) is -0.643. The lowest BCUT2D eigenvalue weighted by Crippen LogP contribution is -2.53. The van der Waals surface area contributed by atoms with Crippen molar-refractivity contribution in [2.24, 2.45) is 5.92 Å². The Morgan fingerprint density at radius 1 is 1.19 bits per heavy atom. The Labute approximate surface area is 131 Å². The number of carbonyl (C=O) groups is 1. The number of hydrogen-bond acceptors (Lipinski definition) is 4. The molecule has 0 aromatic heterocycles. The van der Waals surface area contributed by atoms with Gasteiger partial charge < -0.3 is 5.11 Å². The fraction of sp³-hybridized carbons (Fsp3) is 0.923. The minimum atomic E-state index is -3.71. The Bertz CT molecular complexity index is 473. The SMILES string of the molecule is CC(C)C1SCC(C(=O)O)N1S(=O)(=O)N1CCCCCC1. The highest BCUT2D eigenvalue weighted by Gasteiger charge is 2.48. The molecular formula is C13H24N2O4S2. The van der Waals surface area contributed by atoms with Gasteiger partial charge in [0.15, 0.2) is 0 Å². The van der Waals surface area contributed by atoms with Gasteiger partial charge >= 0.3 is 5.97 Å². The summed E-state index contributed by atoms with van der Waals surface area (Å²) in [5, 5.41) is 9.07. The zero-order valence-corrected chi connectivity index (χ0v) is 14.2. The molecule has 2 fully saturated rings. The van der Waals surface area contributed by atoms with Crippen LogP contribution in [0.25, 0.3) is 0 Å². The van der Waals surface area contributed by atoms with Crippen molar-refractivity contribution >= 4 is 27.9 Å². The average Bonchev–Trinajstić information content (AvgIpc) is 2.68. The second kappa shape index (κ2) is 6.85. The Kier molecular flexibility index (Phi) is 5.56. The van der Waals surface area contributed by atoms with E-state index in [9.17, 15) is 18.3 Å². The van der Waals surface area contributed by atoms with Gasteiger partial charge in [-0.2, -0.15) is 17.0 Å². The largest absolute Gasteiger partial charge is 0.480 e. The van der Waals surface area contributed by atoms with Crippen LogP contribution in [-0.4, -0.2) is 58.4 Å². The zero-order chi connectivity index (χ0) is 15.6. The first-order chi connectivity index (χ1) is 9.85. The van der Waals surface area contributed by atoms with Crippen LogP contribution >= 0.6 is 11.8 Å². The summed E-state index contributed by atoms with van der Waals surface area (Å²) in [7, 11) is -3.71. The van der Waals surface area contributed by atoms with Gasteiger partial charge in [-0.05, 0) is 18.8 Å². The lowest BCUT2D eigenvalue weighted by Gasteiger charge is -2.33. The molecule has 2 atom stereocenters. The third-order valence-corrected chi connectivity index (χ3v) is 7.78. The molecule has 2 saturated heterocycles. The summed E-state index contributed by atoms with van der Waals surface area (Å²) < 4.78 is 28.6. The predicted molar refractivity (Wildman–Crippen MR) is 83.3 cm³/mol. The van der Waals surface area contributed by atoms with E-state index in [0.29, 0.717) is 18.8 Å². The van der Waals surface area contributed by atoms with Crippen molar-refractivity contribution in [2.75, 3.05) is 18.8 Å². The van der Waals surface area contributed by atoms with Crippen molar-refractivity contribution in [3.63, 3.8) is 0 Å². The molecule has 122 valence electrons. The van der Waals surface area contributed by atoms with E-state index >= 15 is 0 Å². The molecule has 2 heterocycles. The van der Waals surface area contributed by atoms with Crippen molar-refractivity contribution < 1.29 is 18.3 Å². The molecule has 0 bridgehead atoms. The van der Waals surface area contributed by atoms with Gasteiger partial charge in [-0.25, -0.2) is 0 Å². The van der Waals surface area contributed by atoms with Crippen LogP contribution in [0.5, 0.6) is 0 Å². The van der Waals surface area contributed by atoms with E-state index < -0.39 is 22.2 Å². The lowest BCUT2D eigenvalue weighted by molar-refractivity contribution is -0.140. The molecule has 2 aliphatic heterocycles. The molecule has 0 aliphatic carbocycles. The Balaban J connectivity index is 2.30. The number of carboxylic acid groups (broad SMARTS) is 1. The number of carboxylic acids is 1. The molecule has 21 heavy (non-hydrogen) atoms. The maximum atomic E-state index is 12.9. The second-order valence-corrected chi connectivity index (χ2v) is 8.96. The van der Waals surface area contributed by atoms with Gasteiger partial charge in [0, 0.05) is 18.8 Å². The van der Waals surface area contributed by atoms with Gasteiger partial charge in [0.1, 0.15) is 6.04 Å². The predicted octanol–water partition coefficient (Wildman–Crippen LogP) is 1.59. The van der Waals surface area contributed by atoms with Gasteiger partial charge in [0.05, 0.1) is 5.37 Å². The van der Waals surface area contributed by atoms with E-state index in [0.717, 1.165) is 25.7 Å². The van der Waals surface area contributed by atoms with Crippen LogP contribution in [-0.2, 0) is 15.0 Å². The third-order valence-electron chi connectivity index (χ3n) is 4.00. The van der Waals surface area contributed by atoms with E-state index in [1.165, 1.54) is 20.4 Å². The van der Waals surface area contributed by atoms with Crippen molar-refractivity contribution in [1.82, 2.24) is 8.61 Å². The summed E-state index contributed by atoms with van der Waals surface area (Å²) in [6.45, 7) is 4.88. The number of thioether (sulfide) groups is 1. The van der Waals surface area contributed by atoms with Crippen molar-refractivity contribution in [1.29, 1.82) is 0 Å². The van der Waals surface area contributed by atoms with E-state index in [-0.39, 0.29) is 11.3 Å². The first-order valence-electron chi connectivity index (χ1n) is 7.48. The van der Waals surface area contributed by atoms with Crippen LogP contribution in [0, 0.1) is 5.92 Å².